The third kappa shape index (κ3) is 3.73. The van der Waals surface area contributed by atoms with Crippen LogP contribution in [0.4, 0.5) is 0 Å². The Morgan fingerprint density at radius 2 is 1.95 bits per heavy atom. The van der Waals surface area contributed by atoms with Crippen LogP contribution < -0.4 is 0 Å². The van der Waals surface area contributed by atoms with Gasteiger partial charge in [-0.1, -0.05) is 6.92 Å². The summed E-state index contributed by atoms with van der Waals surface area (Å²) in [6, 6.07) is 2.09. The third-order valence-corrected chi connectivity index (χ3v) is 3.99. The van der Waals surface area contributed by atoms with E-state index in [0.717, 1.165) is 45.4 Å². The molecule has 0 N–H and O–H groups in total. The molecule has 0 saturated carbocycles. The van der Waals surface area contributed by atoms with E-state index < -0.39 is 0 Å². The Balaban J connectivity index is 2.01. The minimum Gasteiger partial charge on any atom is -0.376 e. The molecule has 4 nitrogen and oxygen atoms in total. The van der Waals surface area contributed by atoms with Crippen LogP contribution in [0.5, 0.6) is 0 Å². The van der Waals surface area contributed by atoms with Crippen LogP contribution in [0.15, 0.2) is 11.8 Å². The van der Waals surface area contributed by atoms with Gasteiger partial charge in [0.15, 0.2) is 0 Å². The highest BCUT2D eigenvalue weighted by atomic mass is 16.2. The van der Waals surface area contributed by atoms with Gasteiger partial charge < -0.3 is 9.80 Å². The van der Waals surface area contributed by atoms with Crippen molar-refractivity contribution in [3.63, 3.8) is 0 Å². The largest absolute Gasteiger partial charge is 0.376 e. The molecular formula is C15H23N3O. The maximum absolute atomic E-state index is 12.3. The van der Waals surface area contributed by atoms with E-state index >= 15 is 0 Å². The summed E-state index contributed by atoms with van der Waals surface area (Å²) < 4.78 is 0. The van der Waals surface area contributed by atoms with E-state index in [1.807, 2.05) is 4.90 Å². The lowest BCUT2D eigenvalue weighted by molar-refractivity contribution is -0.127. The van der Waals surface area contributed by atoms with Gasteiger partial charge in [0, 0.05) is 32.4 Å². The normalized spacial score (nSPS) is 25.1. The van der Waals surface area contributed by atoms with Crippen molar-refractivity contribution in [3.8, 4) is 6.07 Å². The molecule has 0 aromatic heterocycles. The second-order valence-electron chi connectivity index (χ2n) is 5.75. The fourth-order valence-corrected chi connectivity index (χ4v) is 2.92. The Kier molecular flexibility index (Phi) is 4.84. The maximum Gasteiger partial charge on any atom is 0.266 e. The van der Waals surface area contributed by atoms with E-state index in [2.05, 4.69) is 17.9 Å². The minimum atomic E-state index is -0.0829. The first-order chi connectivity index (χ1) is 9.20. The summed E-state index contributed by atoms with van der Waals surface area (Å²) >= 11 is 0. The van der Waals surface area contributed by atoms with Gasteiger partial charge >= 0.3 is 0 Å². The average molecular weight is 261 g/mol. The van der Waals surface area contributed by atoms with E-state index in [9.17, 15) is 10.1 Å². The Bertz CT molecular complexity index is 391. The van der Waals surface area contributed by atoms with Crippen LogP contribution in [0.25, 0.3) is 0 Å². The summed E-state index contributed by atoms with van der Waals surface area (Å²) in [6.45, 7) is 5.74. The van der Waals surface area contributed by atoms with Gasteiger partial charge in [-0.2, -0.15) is 5.26 Å². The predicted octanol–water partition coefficient (Wildman–Crippen LogP) is 2.14. The van der Waals surface area contributed by atoms with E-state index in [1.54, 1.807) is 6.20 Å². The van der Waals surface area contributed by atoms with Crippen molar-refractivity contribution in [1.82, 2.24) is 9.80 Å². The zero-order valence-corrected chi connectivity index (χ0v) is 11.8. The first-order valence-corrected chi connectivity index (χ1v) is 7.36. The number of hydrogen-bond donors (Lipinski definition) is 0. The van der Waals surface area contributed by atoms with Crippen LogP contribution in [-0.2, 0) is 4.79 Å². The lowest BCUT2D eigenvalue weighted by atomic mass is 10.0. The van der Waals surface area contributed by atoms with Gasteiger partial charge in [-0.3, -0.25) is 4.79 Å². The third-order valence-electron chi connectivity index (χ3n) is 3.99. The number of carbonyl (C=O) groups is 1. The van der Waals surface area contributed by atoms with Crippen molar-refractivity contribution in [3.05, 3.63) is 11.8 Å². The van der Waals surface area contributed by atoms with Crippen LogP contribution in [0.2, 0.25) is 0 Å². The Labute approximate surface area is 115 Å². The molecule has 2 heterocycles. The van der Waals surface area contributed by atoms with E-state index in [0.29, 0.717) is 11.5 Å². The number of piperidine rings is 2. The fraction of sp³-hybridized carbons (Fsp3) is 0.733. The summed E-state index contributed by atoms with van der Waals surface area (Å²) in [7, 11) is 0. The maximum atomic E-state index is 12.3. The topological polar surface area (TPSA) is 47.3 Å². The molecular weight excluding hydrogens is 238 g/mol. The van der Waals surface area contributed by atoms with Gasteiger partial charge in [-0.25, -0.2) is 0 Å². The molecule has 0 aromatic rings. The zero-order valence-electron chi connectivity index (χ0n) is 11.8. The van der Waals surface area contributed by atoms with Gasteiger partial charge in [0.05, 0.1) is 0 Å². The first-order valence-electron chi connectivity index (χ1n) is 7.36. The molecule has 2 saturated heterocycles. The van der Waals surface area contributed by atoms with Crippen LogP contribution in [0, 0.1) is 17.2 Å². The molecule has 1 atom stereocenters. The molecule has 2 aliphatic heterocycles. The average Bonchev–Trinajstić information content (AvgIpc) is 2.45. The molecule has 0 bridgehead atoms. The van der Waals surface area contributed by atoms with E-state index in [4.69, 9.17) is 0 Å². The standard InChI is InChI=1S/C15H23N3O/c1-13-6-5-7-17(11-13)12-14(10-16)15(19)18-8-3-2-4-9-18/h12-13H,2-9,11H2,1H3/b14-12-. The number of carbonyl (C=O) groups excluding carboxylic acids is 1. The van der Waals surface area contributed by atoms with Gasteiger partial charge in [-0.15, -0.1) is 0 Å². The summed E-state index contributed by atoms with van der Waals surface area (Å²) in [5, 5.41) is 9.23. The molecule has 1 amide bonds. The molecule has 0 aliphatic carbocycles. The molecule has 1 unspecified atom stereocenters. The minimum absolute atomic E-state index is 0.0829. The first kappa shape index (κ1) is 13.9. The molecule has 2 fully saturated rings. The van der Waals surface area contributed by atoms with Gasteiger partial charge in [0.2, 0.25) is 0 Å². The smallest absolute Gasteiger partial charge is 0.266 e. The highest BCUT2D eigenvalue weighted by molar-refractivity contribution is 5.97. The van der Waals surface area contributed by atoms with Crippen molar-refractivity contribution in [2.45, 2.75) is 39.0 Å². The number of rotatable bonds is 2. The van der Waals surface area contributed by atoms with Crippen LogP contribution in [-0.4, -0.2) is 41.9 Å². The van der Waals surface area contributed by atoms with Gasteiger partial charge in [0.1, 0.15) is 11.6 Å². The molecule has 19 heavy (non-hydrogen) atoms. The summed E-state index contributed by atoms with van der Waals surface area (Å²) in [6.07, 6.45) is 7.49. The zero-order chi connectivity index (χ0) is 13.7. The van der Waals surface area contributed by atoms with Crippen molar-refractivity contribution in [2.24, 2.45) is 5.92 Å². The van der Waals surface area contributed by atoms with Gasteiger partial charge in [0.25, 0.3) is 5.91 Å². The number of nitrogens with zero attached hydrogens (tertiary/aromatic N) is 3. The Morgan fingerprint density at radius 1 is 1.21 bits per heavy atom. The van der Waals surface area contributed by atoms with Crippen molar-refractivity contribution in [2.75, 3.05) is 26.2 Å². The summed E-state index contributed by atoms with van der Waals surface area (Å²) in [4.78, 5) is 16.3. The highest BCUT2D eigenvalue weighted by Gasteiger charge is 2.22. The molecule has 2 rings (SSSR count). The molecule has 2 aliphatic rings. The molecule has 104 valence electrons. The quantitative estimate of drug-likeness (QED) is 0.565. The van der Waals surface area contributed by atoms with Gasteiger partial charge in [-0.05, 0) is 38.0 Å². The molecule has 0 aromatic carbocycles. The van der Waals surface area contributed by atoms with E-state index in [1.165, 1.54) is 12.8 Å². The number of hydrogen-bond acceptors (Lipinski definition) is 3. The number of nitriles is 1. The van der Waals surface area contributed by atoms with E-state index in [-0.39, 0.29) is 5.91 Å². The van der Waals surface area contributed by atoms with Crippen molar-refractivity contribution >= 4 is 5.91 Å². The fourth-order valence-electron chi connectivity index (χ4n) is 2.92. The van der Waals surface area contributed by atoms with Crippen LogP contribution in [0.3, 0.4) is 0 Å². The van der Waals surface area contributed by atoms with Crippen LogP contribution >= 0.6 is 0 Å². The summed E-state index contributed by atoms with van der Waals surface area (Å²) in [5.41, 5.74) is 0.302. The monoisotopic (exact) mass is 261 g/mol. The molecule has 4 heteroatoms. The Morgan fingerprint density at radius 3 is 2.58 bits per heavy atom. The van der Waals surface area contributed by atoms with Crippen LogP contribution in [0.1, 0.15) is 39.0 Å². The lowest BCUT2D eigenvalue weighted by Gasteiger charge is -2.31. The number of likely N-dealkylation sites (tertiary alicyclic amines) is 2. The second kappa shape index (κ2) is 6.60. The Hall–Kier alpha value is -1.50. The molecule has 0 spiro atoms. The SMILES string of the molecule is CC1CCCN(/C=C(/C#N)C(=O)N2CCCCC2)C1. The molecule has 0 radical (unpaired) electrons. The van der Waals surface area contributed by atoms with Crippen molar-refractivity contribution in [1.29, 1.82) is 5.26 Å². The summed E-state index contributed by atoms with van der Waals surface area (Å²) in [5.74, 6) is 0.565. The van der Waals surface area contributed by atoms with Crippen molar-refractivity contribution < 1.29 is 4.79 Å². The second-order valence-corrected chi connectivity index (χ2v) is 5.75. The number of amides is 1. The predicted molar refractivity (Wildman–Crippen MR) is 74.1 cm³/mol. The highest BCUT2D eigenvalue weighted by Crippen LogP contribution is 2.18. The lowest BCUT2D eigenvalue weighted by Crippen LogP contribution is -2.37.